The van der Waals surface area contributed by atoms with Gasteiger partial charge >= 0.3 is 5.97 Å². The third-order valence-corrected chi connectivity index (χ3v) is 3.89. The van der Waals surface area contributed by atoms with E-state index in [9.17, 15) is 9.59 Å². The van der Waals surface area contributed by atoms with Crippen LogP contribution in [0.5, 0.6) is 11.5 Å². The van der Waals surface area contributed by atoms with Crippen LogP contribution >= 0.6 is 11.6 Å². The standard InChI is InChI=1S/C20H22ClNO5/c1-14-3-8-18(25-2)15(11-14)12-20(24)27-13-19(23)22-9-10-26-17-6-4-16(21)5-7-17/h3-8,11H,9-10,12-13H2,1-2H3,(H,22,23). The average Bonchev–Trinajstić information content (AvgIpc) is 2.65. The van der Waals surface area contributed by atoms with Crippen LogP contribution in [-0.4, -0.2) is 38.7 Å². The molecule has 0 radical (unpaired) electrons. The number of nitrogens with one attached hydrogen (secondary N) is 1. The molecular formula is C20H22ClNO5. The Bertz CT molecular complexity index is 776. The zero-order valence-electron chi connectivity index (χ0n) is 15.3. The summed E-state index contributed by atoms with van der Waals surface area (Å²) < 4.78 is 15.7. The highest BCUT2D eigenvalue weighted by Gasteiger charge is 2.12. The molecule has 27 heavy (non-hydrogen) atoms. The molecule has 0 saturated carbocycles. The Balaban J connectivity index is 1.67. The fraction of sp³-hybridized carbons (Fsp3) is 0.300. The number of carbonyl (C=O) groups is 2. The van der Waals surface area contributed by atoms with Crippen molar-refractivity contribution < 1.29 is 23.8 Å². The van der Waals surface area contributed by atoms with Gasteiger partial charge in [0.25, 0.3) is 5.91 Å². The normalized spacial score (nSPS) is 10.2. The minimum Gasteiger partial charge on any atom is -0.496 e. The lowest BCUT2D eigenvalue weighted by Gasteiger charge is -2.10. The van der Waals surface area contributed by atoms with Crippen molar-refractivity contribution >= 4 is 23.5 Å². The van der Waals surface area contributed by atoms with Gasteiger partial charge in [0, 0.05) is 10.6 Å². The van der Waals surface area contributed by atoms with Gasteiger partial charge in [-0.3, -0.25) is 9.59 Å². The lowest BCUT2D eigenvalue weighted by Crippen LogP contribution is -2.32. The zero-order valence-corrected chi connectivity index (χ0v) is 16.0. The molecule has 6 nitrogen and oxygen atoms in total. The van der Waals surface area contributed by atoms with E-state index in [-0.39, 0.29) is 18.9 Å². The van der Waals surface area contributed by atoms with E-state index in [2.05, 4.69) is 5.32 Å². The predicted molar refractivity (Wildman–Crippen MR) is 102 cm³/mol. The number of amides is 1. The van der Waals surface area contributed by atoms with Gasteiger partial charge in [-0.15, -0.1) is 0 Å². The average molecular weight is 392 g/mol. The summed E-state index contributed by atoms with van der Waals surface area (Å²) in [5.41, 5.74) is 1.73. The number of methoxy groups -OCH3 is 1. The highest BCUT2D eigenvalue weighted by Crippen LogP contribution is 2.20. The summed E-state index contributed by atoms with van der Waals surface area (Å²) in [6, 6.07) is 12.5. The Kier molecular flexibility index (Phi) is 7.95. The maximum atomic E-state index is 11.9. The zero-order chi connectivity index (χ0) is 19.6. The number of hydrogen-bond donors (Lipinski definition) is 1. The van der Waals surface area contributed by atoms with Crippen LogP contribution in [-0.2, 0) is 20.7 Å². The minimum absolute atomic E-state index is 0.0395. The minimum atomic E-state index is -0.494. The molecule has 0 heterocycles. The quantitative estimate of drug-likeness (QED) is 0.525. The monoisotopic (exact) mass is 391 g/mol. The molecule has 0 aromatic heterocycles. The molecule has 1 amide bonds. The number of rotatable bonds is 9. The molecule has 0 saturated heterocycles. The van der Waals surface area contributed by atoms with Crippen LogP contribution in [0.25, 0.3) is 0 Å². The first-order valence-corrected chi connectivity index (χ1v) is 8.80. The van der Waals surface area contributed by atoms with Crippen LogP contribution in [0.1, 0.15) is 11.1 Å². The Labute approximate surface area is 163 Å². The number of aryl methyl sites for hydroxylation is 1. The number of hydrogen-bond acceptors (Lipinski definition) is 5. The van der Waals surface area contributed by atoms with Gasteiger partial charge in [0.05, 0.1) is 20.1 Å². The van der Waals surface area contributed by atoms with Crippen LogP contribution in [0.3, 0.4) is 0 Å². The topological polar surface area (TPSA) is 73.9 Å². The molecule has 144 valence electrons. The summed E-state index contributed by atoms with van der Waals surface area (Å²) in [5, 5.41) is 3.25. The lowest BCUT2D eigenvalue weighted by atomic mass is 10.1. The maximum absolute atomic E-state index is 11.9. The molecule has 2 aromatic carbocycles. The first-order valence-electron chi connectivity index (χ1n) is 8.42. The Morgan fingerprint density at radius 1 is 1.11 bits per heavy atom. The molecule has 0 unspecified atom stereocenters. The van der Waals surface area contributed by atoms with Gasteiger partial charge < -0.3 is 19.5 Å². The smallest absolute Gasteiger partial charge is 0.310 e. The van der Waals surface area contributed by atoms with Crippen molar-refractivity contribution in [1.29, 1.82) is 0 Å². The number of carbonyl (C=O) groups excluding carboxylic acids is 2. The summed E-state index contributed by atoms with van der Waals surface area (Å²) in [6.45, 7) is 2.17. The number of halogens is 1. The fourth-order valence-corrected chi connectivity index (χ4v) is 2.47. The van der Waals surface area contributed by atoms with Crippen molar-refractivity contribution in [3.8, 4) is 11.5 Å². The molecule has 0 aliphatic carbocycles. The summed E-state index contributed by atoms with van der Waals surface area (Å²) >= 11 is 5.79. The molecule has 2 aromatic rings. The van der Waals surface area contributed by atoms with Gasteiger partial charge in [-0.1, -0.05) is 29.3 Å². The lowest BCUT2D eigenvalue weighted by molar-refractivity contribution is -0.147. The van der Waals surface area contributed by atoms with E-state index < -0.39 is 5.97 Å². The molecule has 0 aliphatic heterocycles. The highest BCUT2D eigenvalue weighted by atomic mass is 35.5. The Morgan fingerprint density at radius 3 is 2.56 bits per heavy atom. The summed E-state index contributed by atoms with van der Waals surface area (Å²) in [7, 11) is 1.54. The van der Waals surface area contributed by atoms with Crippen LogP contribution in [0.15, 0.2) is 42.5 Å². The van der Waals surface area contributed by atoms with Gasteiger partial charge in [-0.25, -0.2) is 0 Å². The van der Waals surface area contributed by atoms with Gasteiger partial charge in [0.2, 0.25) is 0 Å². The first-order chi connectivity index (χ1) is 13.0. The van der Waals surface area contributed by atoms with Crippen LogP contribution in [0.2, 0.25) is 5.02 Å². The second-order valence-electron chi connectivity index (χ2n) is 5.81. The molecule has 7 heteroatoms. The molecule has 1 N–H and O–H groups in total. The predicted octanol–water partition coefficient (Wildman–Crippen LogP) is 2.94. The molecular weight excluding hydrogens is 370 g/mol. The SMILES string of the molecule is COc1ccc(C)cc1CC(=O)OCC(=O)NCCOc1ccc(Cl)cc1. The molecule has 0 aliphatic rings. The molecule has 0 fully saturated rings. The number of benzene rings is 2. The van der Waals surface area contributed by atoms with Crippen LogP contribution < -0.4 is 14.8 Å². The van der Waals surface area contributed by atoms with Crippen LogP contribution in [0.4, 0.5) is 0 Å². The van der Waals surface area contributed by atoms with Crippen molar-refractivity contribution in [2.24, 2.45) is 0 Å². The van der Waals surface area contributed by atoms with E-state index in [1.165, 1.54) is 0 Å². The summed E-state index contributed by atoms with van der Waals surface area (Å²) in [4.78, 5) is 23.7. The third kappa shape index (κ3) is 7.19. The second kappa shape index (κ2) is 10.4. The van der Waals surface area contributed by atoms with E-state index in [4.69, 9.17) is 25.8 Å². The van der Waals surface area contributed by atoms with Crippen molar-refractivity contribution in [2.45, 2.75) is 13.3 Å². The molecule has 0 spiro atoms. The molecule has 0 bridgehead atoms. The van der Waals surface area contributed by atoms with E-state index in [1.54, 1.807) is 37.4 Å². The number of esters is 1. The van der Waals surface area contributed by atoms with E-state index >= 15 is 0 Å². The fourth-order valence-electron chi connectivity index (χ4n) is 2.34. The highest BCUT2D eigenvalue weighted by molar-refractivity contribution is 6.30. The van der Waals surface area contributed by atoms with Crippen molar-refractivity contribution in [1.82, 2.24) is 5.32 Å². The maximum Gasteiger partial charge on any atom is 0.310 e. The van der Waals surface area contributed by atoms with Crippen molar-refractivity contribution in [2.75, 3.05) is 26.9 Å². The van der Waals surface area contributed by atoms with Crippen molar-refractivity contribution in [3.63, 3.8) is 0 Å². The Hall–Kier alpha value is -2.73. The molecule has 2 rings (SSSR count). The number of ether oxygens (including phenoxy) is 3. The van der Waals surface area contributed by atoms with Gasteiger partial charge in [0.1, 0.15) is 18.1 Å². The van der Waals surface area contributed by atoms with E-state index in [0.717, 1.165) is 11.1 Å². The van der Waals surface area contributed by atoms with Gasteiger partial charge in [-0.05, 0) is 37.3 Å². The Morgan fingerprint density at radius 2 is 1.85 bits per heavy atom. The summed E-state index contributed by atoms with van der Waals surface area (Å²) in [6.07, 6.45) is 0.0395. The van der Waals surface area contributed by atoms with Crippen LogP contribution in [0, 0.1) is 6.92 Å². The molecule has 0 atom stereocenters. The van der Waals surface area contributed by atoms with E-state index in [0.29, 0.717) is 29.7 Å². The second-order valence-corrected chi connectivity index (χ2v) is 6.24. The largest absolute Gasteiger partial charge is 0.496 e. The summed E-state index contributed by atoms with van der Waals surface area (Å²) in [5.74, 6) is 0.388. The van der Waals surface area contributed by atoms with Crippen molar-refractivity contribution in [3.05, 3.63) is 58.6 Å². The van der Waals surface area contributed by atoms with Gasteiger partial charge in [0.15, 0.2) is 6.61 Å². The first kappa shape index (κ1) is 20.6. The van der Waals surface area contributed by atoms with E-state index in [1.807, 2.05) is 19.1 Å². The van der Waals surface area contributed by atoms with Gasteiger partial charge in [-0.2, -0.15) is 0 Å². The third-order valence-electron chi connectivity index (χ3n) is 3.64.